The molecule has 21 heavy (non-hydrogen) atoms. The van der Waals surface area contributed by atoms with E-state index in [2.05, 4.69) is 21.2 Å². The van der Waals surface area contributed by atoms with Gasteiger partial charge in [-0.15, -0.1) is 0 Å². The van der Waals surface area contributed by atoms with Gasteiger partial charge in [-0.1, -0.05) is 0 Å². The summed E-state index contributed by atoms with van der Waals surface area (Å²) in [6, 6.07) is 3.39. The molecule has 1 aromatic rings. The average molecular weight is 350 g/mol. The van der Waals surface area contributed by atoms with Gasteiger partial charge in [0, 0.05) is 16.9 Å². The number of hydrogen-bond acceptors (Lipinski definition) is 1. The highest BCUT2D eigenvalue weighted by Gasteiger charge is 2.55. The van der Waals surface area contributed by atoms with E-state index < -0.39 is 0 Å². The van der Waals surface area contributed by atoms with E-state index >= 15 is 0 Å². The van der Waals surface area contributed by atoms with Gasteiger partial charge in [-0.2, -0.15) is 0 Å². The van der Waals surface area contributed by atoms with Crippen LogP contribution in [-0.4, -0.2) is 6.54 Å². The average Bonchev–Trinajstić information content (AvgIpc) is 2.81. The number of anilines is 1. The van der Waals surface area contributed by atoms with Crippen LogP contribution in [0.1, 0.15) is 50.0 Å². The second-order valence-electron chi connectivity index (χ2n) is 8.07. The SMILES string of the molecule is Fc1cc(Br)c2c(c1)C(C13CC4CC(CC(C4)C1)C3)CN2. The van der Waals surface area contributed by atoms with E-state index in [4.69, 9.17) is 0 Å². The number of rotatable bonds is 1. The van der Waals surface area contributed by atoms with Crippen molar-refractivity contribution < 1.29 is 4.39 Å². The fourth-order valence-electron chi connectivity index (χ4n) is 6.52. The summed E-state index contributed by atoms with van der Waals surface area (Å²) >= 11 is 3.53. The molecule has 1 heterocycles. The minimum Gasteiger partial charge on any atom is -0.383 e. The topological polar surface area (TPSA) is 12.0 Å². The normalized spacial score (nSPS) is 43.0. The van der Waals surface area contributed by atoms with Crippen LogP contribution in [0.5, 0.6) is 0 Å². The van der Waals surface area contributed by atoms with Crippen LogP contribution in [-0.2, 0) is 0 Å². The Morgan fingerprint density at radius 1 is 1.05 bits per heavy atom. The smallest absolute Gasteiger partial charge is 0.124 e. The maximum atomic E-state index is 13.9. The van der Waals surface area contributed by atoms with E-state index in [1.807, 2.05) is 0 Å². The summed E-state index contributed by atoms with van der Waals surface area (Å²) < 4.78 is 14.8. The van der Waals surface area contributed by atoms with E-state index in [1.54, 1.807) is 12.1 Å². The number of halogens is 2. The highest BCUT2D eigenvalue weighted by atomic mass is 79.9. The molecular formula is C18H21BrFN. The fourth-order valence-corrected chi connectivity index (χ4v) is 7.11. The summed E-state index contributed by atoms with van der Waals surface area (Å²) in [5.41, 5.74) is 2.85. The Balaban J connectivity index is 1.58. The number of nitrogens with one attached hydrogen (secondary N) is 1. The highest BCUT2D eigenvalue weighted by molar-refractivity contribution is 9.10. The molecule has 4 bridgehead atoms. The van der Waals surface area contributed by atoms with Crippen LogP contribution < -0.4 is 5.32 Å². The zero-order valence-corrected chi connectivity index (χ0v) is 13.8. The fraction of sp³-hybridized carbons (Fsp3) is 0.667. The molecule has 0 radical (unpaired) electrons. The van der Waals surface area contributed by atoms with Gasteiger partial charge in [-0.05, 0) is 95.3 Å². The molecule has 1 aliphatic heterocycles. The molecule has 1 nitrogen and oxygen atoms in total. The molecule has 1 atom stereocenters. The van der Waals surface area contributed by atoms with Gasteiger partial charge in [0.2, 0.25) is 0 Å². The van der Waals surface area contributed by atoms with Crippen LogP contribution in [0.15, 0.2) is 16.6 Å². The Labute approximate surface area is 133 Å². The molecule has 1 N–H and O–H groups in total. The van der Waals surface area contributed by atoms with Crippen LogP contribution in [0.3, 0.4) is 0 Å². The van der Waals surface area contributed by atoms with E-state index in [-0.39, 0.29) is 5.82 Å². The van der Waals surface area contributed by atoms with E-state index in [0.717, 1.165) is 34.5 Å². The second-order valence-corrected chi connectivity index (χ2v) is 8.92. The number of benzene rings is 1. The van der Waals surface area contributed by atoms with Crippen molar-refractivity contribution in [2.24, 2.45) is 23.2 Å². The third-order valence-electron chi connectivity index (χ3n) is 6.77. The summed E-state index contributed by atoms with van der Waals surface area (Å²) in [6.07, 6.45) is 8.58. The van der Waals surface area contributed by atoms with Gasteiger partial charge in [-0.3, -0.25) is 0 Å². The van der Waals surface area contributed by atoms with E-state index in [0.29, 0.717) is 11.3 Å². The predicted molar refractivity (Wildman–Crippen MR) is 85.9 cm³/mol. The van der Waals surface area contributed by atoms with Gasteiger partial charge in [0.1, 0.15) is 5.82 Å². The van der Waals surface area contributed by atoms with Crippen molar-refractivity contribution in [2.45, 2.75) is 44.4 Å². The lowest BCUT2D eigenvalue weighted by atomic mass is 9.46. The summed E-state index contributed by atoms with van der Waals surface area (Å²) in [5, 5.41) is 3.56. The lowest BCUT2D eigenvalue weighted by molar-refractivity contribution is -0.0654. The van der Waals surface area contributed by atoms with Gasteiger partial charge in [0.05, 0.1) is 5.69 Å². The molecule has 1 unspecified atom stereocenters. The standard InChI is InChI=1S/C18H21BrFN/c19-16-5-13(20)4-14-15(9-21-17(14)16)18-6-10-1-11(7-18)3-12(2-10)8-18/h4-5,10-12,15,21H,1-3,6-9H2. The molecular weight excluding hydrogens is 329 g/mol. The first kappa shape index (κ1) is 12.9. The summed E-state index contributed by atoms with van der Waals surface area (Å²) in [5.74, 6) is 3.29. The maximum absolute atomic E-state index is 13.9. The first-order chi connectivity index (χ1) is 10.1. The van der Waals surface area contributed by atoms with Crippen LogP contribution in [0.2, 0.25) is 0 Å². The van der Waals surface area contributed by atoms with Crippen molar-refractivity contribution in [1.82, 2.24) is 0 Å². The minimum absolute atomic E-state index is 0.0981. The Morgan fingerprint density at radius 2 is 1.67 bits per heavy atom. The molecule has 112 valence electrons. The zero-order chi connectivity index (χ0) is 14.2. The first-order valence-corrected chi connectivity index (χ1v) is 9.15. The van der Waals surface area contributed by atoms with Crippen LogP contribution >= 0.6 is 15.9 Å². The molecule has 5 aliphatic rings. The molecule has 4 saturated carbocycles. The van der Waals surface area contributed by atoms with Crippen molar-refractivity contribution in [3.8, 4) is 0 Å². The largest absolute Gasteiger partial charge is 0.383 e. The van der Waals surface area contributed by atoms with Gasteiger partial charge in [0.15, 0.2) is 0 Å². The number of hydrogen-bond donors (Lipinski definition) is 1. The maximum Gasteiger partial charge on any atom is 0.124 e. The molecule has 0 aromatic heterocycles. The number of fused-ring (bicyclic) bond motifs is 1. The first-order valence-electron chi connectivity index (χ1n) is 8.36. The lowest BCUT2D eigenvalue weighted by Gasteiger charge is -2.59. The van der Waals surface area contributed by atoms with Crippen molar-refractivity contribution in [2.75, 3.05) is 11.9 Å². The summed E-state index contributed by atoms with van der Waals surface area (Å²) in [6.45, 7) is 1.00. The van der Waals surface area contributed by atoms with Crippen molar-refractivity contribution in [3.05, 3.63) is 28.0 Å². The van der Waals surface area contributed by atoms with E-state index in [1.165, 1.54) is 44.1 Å². The molecule has 4 aliphatic carbocycles. The molecule has 0 amide bonds. The molecule has 0 saturated heterocycles. The quantitative estimate of drug-likeness (QED) is 0.723. The molecule has 6 rings (SSSR count). The van der Waals surface area contributed by atoms with Crippen LogP contribution in [0.4, 0.5) is 10.1 Å². The lowest BCUT2D eigenvalue weighted by Crippen LogP contribution is -2.49. The monoisotopic (exact) mass is 349 g/mol. The van der Waals surface area contributed by atoms with Crippen molar-refractivity contribution >= 4 is 21.6 Å². The Kier molecular flexibility index (Phi) is 2.61. The summed E-state index contributed by atoms with van der Waals surface area (Å²) in [7, 11) is 0. The Morgan fingerprint density at radius 3 is 2.29 bits per heavy atom. The third-order valence-corrected chi connectivity index (χ3v) is 7.39. The van der Waals surface area contributed by atoms with Crippen LogP contribution in [0.25, 0.3) is 0 Å². The van der Waals surface area contributed by atoms with Crippen molar-refractivity contribution in [3.63, 3.8) is 0 Å². The molecule has 3 heteroatoms. The summed E-state index contributed by atoms with van der Waals surface area (Å²) in [4.78, 5) is 0. The molecule has 1 aromatic carbocycles. The Bertz CT molecular complexity index is 576. The van der Waals surface area contributed by atoms with Gasteiger partial charge in [0.25, 0.3) is 0 Å². The molecule has 4 fully saturated rings. The predicted octanol–water partition coefficient (Wildman–Crippen LogP) is 5.31. The third kappa shape index (κ3) is 1.79. The highest BCUT2D eigenvalue weighted by Crippen LogP contribution is 2.66. The second kappa shape index (κ2) is 4.24. The van der Waals surface area contributed by atoms with Gasteiger partial charge in [-0.25, -0.2) is 4.39 Å². The van der Waals surface area contributed by atoms with Crippen LogP contribution in [0, 0.1) is 29.0 Å². The van der Waals surface area contributed by atoms with E-state index in [9.17, 15) is 4.39 Å². The molecule has 0 spiro atoms. The Hall–Kier alpha value is -0.570. The zero-order valence-electron chi connectivity index (χ0n) is 12.2. The van der Waals surface area contributed by atoms with Crippen molar-refractivity contribution in [1.29, 1.82) is 0 Å². The van der Waals surface area contributed by atoms with Gasteiger partial charge < -0.3 is 5.32 Å². The minimum atomic E-state index is -0.0981. The van der Waals surface area contributed by atoms with Gasteiger partial charge >= 0.3 is 0 Å².